The van der Waals surface area contributed by atoms with Gasteiger partial charge in [0.25, 0.3) is 0 Å². The lowest BCUT2D eigenvalue weighted by Crippen LogP contribution is -2.33. The van der Waals surface area contributed by atoms with Crippen LogP contribution in [0.4, 0.5) is 24.9 Å². The minimum atomic E-state index is -4.53. The number of hydrogen-bond donors (Lipinski definition) is 2. The van der Waals surface area contributed by atoms with Gasteiger partial charge in [-0.25, -0.2) is 28.1 Å². The van der Waals surface area contributed by atoms with Crippen LogP contribution < -0.4 is 10.6 Å². The predicted octanol–water partition coefficient (Wildman–Crippen LogP) is 4.65. The lowest BCUT2D eigenvalue weighted by molar-refractivity contribution is -0.138. The van der Waals surface area contributed by atoms with E-state index in [1.807, 2.05) is 24.3 Å². The van der Waals surface area contributed by atoms with Gasteiger partial charge in [0.2, 0.25) is 5.95 Å². The molecule has 2 N–H and O–H groups in total. The number of rotatable bonds is 8. The molecule has 1 atom stereocenters. The first-order valence-electron chi connectivity index (χ1n) is 12.0. The molecule has 0 amide bonds. The Morgan fingerprint density at radius 2 is 1.77 bits per heavy atom. The van der Waals surface area contributed by atoms with Gasteiger partial charge in [0.05, 0.1) is 21.8 Å². The summed E-state index contributed by atoms with van der Waals surface area (Å²) in [4.78, 5) is 17.3. The number of halogens is 3. The van der Waals surface area contributed by atoms with E-state index in [2.05, 4.69) is 35.7 Å². The zero-order valence-electron chi connectivity index (χ0n) is 21.3. The van der Waals surface area contributed by atoms with Crippen molar-refractivity contribution in [1.82, 2.24) is 29.7 Å². The Hall–Kier alpha value is -4.59. The largest absolute Gasteiger partial charge is 0.408 e. The molecular formula is C26H23F3N8O2S. The van der Waals surface area contributed by atoms with Gasteiger partial charge >= 0.3 is 6.18 Å². The SMILES string of the molecule is C[C@H](Nc1nc(NCc2ccc(-n3cncn3)cc2)nc2ccc(-c3cccc(S(C)(=O)=O)c3)nc12)C(F)(F)F. The van der Waals surface area contributed by atoms with E-state index >= 15 is 0 Å². The van der Waals surface area contributed by atoms with Crippen LogP contribution in [0.2, 0.25) is 0 Å². The second-order valence-electron chi connectivity index (χ2n) is 9.03. The van der Waals surface area contributed by atoms with Crippen LogP contribution in [0.3, 0.4) is 0 Å². The van der Waals surface area contributed by atoms with E-state index in [1.165, 1.54) is 18.5 Å². The van der Waals surface area contributed by atoms with Crippen molar-refractivity contribution in [3.8, 4) is 16.9 Å². The molecule has 5 aromatic rings. The van der Waals surface area contributed by atoms with E-state index in [0.29, 0.717) is 23.3 Å². The fourth-order valence-corrected chi connectivity index (χ4v) is 4.48. The van der Waals surface area contributed by atoms with Gasteiger partial charge < -0.3 is 10.6 Å². The fourth-order valence-electron chi connectivity index (χ4n) is 3.82. The van der Waals surface area contributed by atoms with Crippen LogP contribution in [0, 0.1) is 0 Å². The maximum atomic E-state index is 13.4. The average molecular weight is 569 g/mol. The normalized spacial score (nSPS) is 12.8. The summed E-state index contributed by atoms with van der Waals surface area (Å²) in [5, 5.41) is 9.55. The molecule has 5 rings (SSSR count). The first-order chi connectivity index (χ1) is 19.0. The van der Waals surface area contributed by atoms with E-state index in [9.17, 15) is 21.6 Å². The van der Waals surface area contributed by atoms with E-state index < -0.39 is 22.1 Å². The van der Waals surface area contributed by atoms with Crippen LogP contribution in [0.25, 0.3) is 28.0 Å². The third-order valence-electron chi connectivity index (χ3n) is 6.01. The number of aromatic nitrogens is 6. The Balaban J connectivity index is 1.47. The zero-order valence-corrected chi connectivity index (χ0v) is 22.1. The predicted molar refractivity (Wildman–Crippen MR) is 144 cm³/mol. The first-order valence-corrected chi connectivity index (χ1v) is 13.9. The minimum absolute atomic E-state index is 0.0982. The lowest BCUT2D eigenvalue weighted by atomic mass is 10.1. The quantitative estimate of drug-likeness (QED) is 0.275. The maximum Gasteiger partial charge on any atom is 0.408 e. The summed E-state index contributed by atoms with van der Waals surface area (Å²) in [5.74, 6) is -0.00155. The number of pyridine rings is 1. The molecule has 0 aliphatic heterocycles. The minimum Gasteiger partial charge on any atom is -0.357 e. The molecule has 3 aromatic heterocycles. The molecule has 0 spiro atoms. The van der Waals surface area contributed by atoms with Crippen molar-refractivity contribution in [1.29, 1.82) is 0 Å². The van der Waals surface area contributed by atoms with Crippen molar-refractivity contribution < 1.29 is 21.6 Å². The average Bonchev–Trinajstić information content (AvgIpc) is 3.46. The Morgan fingerprint density at radius 1 is 1.00 bits per heavy atom. The molecule has 10 nitrogen and oxygen atoms in total. The summed E-state index contributed by atoms with van der Waals surface area (Å²) in [6.07, 6.45) is -0.427. The summed E-state index contributed by atoms with van der Waals surface area (Å²) >= 11 is 0. The molecule has 2 aromatic carbocycles. The molecule has 0 fully saturated rings. The number of sulfone groups is 1. The van der Waals surface area contributed by atoms with Crippen LogP contribution in [-0.4, -0.2) is 56.6 Å². The Morgan fingerprint density at radius 3 is 2.45 bits per heavy atom. The monoisotopic (exact) mass is 568 g/mol. The van der Waals surface area contributed by atoms with Gasteiger partial charge in [0.15, 0.2) is 15.7 Å². The van der Waals surface area contributed by atoms with E-state index in [1.54, 1.807) is 35.3 Å². The van der Waals surface area contributed by atoms with Crippen molar-refractivity contribution in [2.45, 2.75) is 30.6 Å². The van der Waals surface area contributed by atoms with Crippen molar-refractivity contribution in [2.24, 2.45) is 0 Å². The van der Waals surface area contributed by atoms with Crippen LogP contribution in [0.15, 0.2) is 78.2 Å². The van der Waals surface area contributed by atoms with Gasteiger partial charge in [-0.15, -0.1) is 0 Å². The smallest absolute Gasteiger partial charge is 0.357 e. The standard InChI is InChI=1S/C26H23F3N8O2S/c1-16(26(27,28)29)33-24-23-22(11-10-21(34-23)18-4-3-5-20(12-18)40(2,38)39)35-25(36-24)31-13-17-6-8-19(9-7-17)37-15-30-14-32-37/h3-12,14-16H,13H2,1-2H3,(H2,31,33,35,36)/t16-/m0/s1. The van der Waals surface area contributed by atoms with Crippen molar-refractivity contribution in [2.75, 3.05) is 16.9 Å². The second-order valence-corrected chi connectivity index (χ2v) is 11.0. The van der Waals surface area contributed by atoms with Crippen molar-refractivity contribution >= 4 is 32.6 Å². The van der Waals surface area contributed by atoms with Gasteiger partial charge in [-0.05, 0) is 48.9 Å². The number of anilines is 2. The van der Waals surface area contributed by atoms with Gasteiger partial charge in [-0.2, -0.15) is 23.3 Å². The molecule has 0 unspecified atom stereocenters. The van der Waals surface area contributed by atoms with Gasteiger partial charge in [-0.1, -0.05) is 24.3 Å². The third kappa shape index (κ3) is 6.01. The molecule has 0 bridgehead atoms. The van der Waals surface area contributed by atoms with Gasteiger partial charge in [0.1, 0.15) is 24.2 Å². The summed E-state index contributed by atoms with van der Waals surface area (Å²) in [7, 11) is -3.47. The molecule has 40 heavy (non-hydrogen) atoms. The number of alkyl halides is 3. The second kappa shape index (κ2) is 10.5. The third-order valence-corrected chi connectivity index (χ3v) is 7.12. The molecule has 0 radical (unpaired) electrons. The highest BCUT2D eigenvalue weighted by Crippen LogP contribution is 2.29. The van der Waals surface area contributed by atoms with Crippen molar-refractivity contribution in [3.05, 3.63) is 78.9 Å². The summed E-state index contributed by atoms with van der Waals surface area (Å²) < 4.78 is 65.9. The maximum absolute atomic E-state index is 13.4. The lowest BCUT2D eigenvalue weighted by Gasteiger charge is -2.19. The Bertz CT molecular complexity index is 1760. The summed E-state index contributed by atoms with van der Waals surface area (Å²) in [5.41, 5.74) is 2.96. The number of nitrogens with zero attached hydrogens (tertiary/aromatic N) is 6. The van der Waals surface area contributed by atoms with E-state index in [4.69, 9.17) is 0 Å². The number of benzene rings is 2. The topological polar surface area (TPSA) is 128 Å². The van der Waals surface area contributed by atoms with E-state index in [-0.39, 0.29) is 22.2 Å². The molecule has 0 aliphatic rings. The number of hydrogen-bond acceptors (Lipinski definition) is 9. The summed E-state index contributed by atoms with van der Waals surface area (Å²) in [6.45, 7) is 1.29. The summed E-state index contributed by atoms with van der Waals surface area (Å²) in [6, 6.07) is 14.9. The van der Waals surface area contributed by atoms with Crippen LogP contribution >= 0.6 is 0 Å². The molecule has 0 saturated carbocycles. The zero-order chi connectivity index (χ0) is 28.5. The van der Waals surface area contributed by atoms with Crippen LogP contribution in [0.1, 0.15) is 12.5 Å². The van der Waals surface area contributed by atoms with E-state index in [0.717, 1.165) is 24.4 Å². The Kier molecular flexibility index (Phi) is 7.10. The van der Waals surface area contributed by atoms with Gasteiger partial charge in [-0.3, -0.25) is 0 Å². The van der Waals surface area contributed by atoms with Gasteiger partial charge in [0, 0.05) is 18.4 Å². The molecule has 206 valence electrons. The fraction of sp³-hybridized carbons (Fsp3) is 0.192. The number of nitrogens with one attached hydrogen (secondary N) is 2. The molecular weight excluding hydrogens is 545 g/mol. The van der Waals surface area contributed by atoms with Crippen molar-refractivity contribution in [3.63, 3.8) is 0 Å². The molecule has 14 heteroatoms. The first kappa shape index (κ1) is 27.0. The van der Waals surface area contributed by atoms with Crippen LogP contribution in [0.5, 0.6) is 0 Å². The van der Waals surface area contributed by atoms with Crippen LogP contribution in [-0.2, 0) is 16.4 Å². The number of fused-ring (bicyclic) bond motifs is 1. The highest BCUT2D eigenvalue weighted by Gasteiger charge is 2.36. The highest BCUT2D eigenvalue weighted by molar-refractivity contribution is 7.90. The molecule has 0 saturated heterocycles. The molecule has 3 heterocycles. The highest BCUT2D eigenvalue weighted by atomic mass is 32.2. The Labute approximate surface area is 227 Å². The molecule has 0 aliphatic carbocycles.